The summed E-state index contributed by atoms with van der Waals surface area (Å²) in [5.41, 5.74) is 2.14. The number of hydrogen-bond acceptors (Lipinski definition) is 4. The van der Waals surface area contributed by atoms with E-state index in [1.54, 1.807) is 12.1 Å². The van der Waals surface area contributed by atoms with E-state index in [9.17, 15) is 9.18 Å². The summed E-state index contributed by atoms with van der Waals surface area (Å²) in [6.07, 6.45) is 0.529. The molecule has 0 radical (unpaired) electrons. The van der Waals surface area contributed by atoms with Crippen molar-refractivity contribution in [1.29, 1.82) is 0 Å². The standard InChI is InChI=1S/C19H19FN4O/c1-12-10-24(11-21-12)18-9-13(6-7-16(18)20)8-17-14-4-2-3-5-15(14)19(25)23-22-17/h2-7,9,12,21H,8,10-11H2,1H3,(H,23,25). The van der Waals surface area contributed by atoms with Gasteiger partial charge in [0.25, 0.3) is 5.56 Å². The molecule has 3 aromatic rings. The average molecular weight is 338 g/mol. The second-order valence-electron chi connectivity index (χ2n) is 6.49. The quantitative estimate of drug-likeness (QED) is 0.770. The minimum absolute atomic E-state index is 0.198. The molecule has 1 aliphatic rings. The lowest BCUT2D eigenvalue weighted by Gasteiger charge is -2.19. The third-order valence-electron chi connectivity index (χ3n) is 4.62. The molecule has 0 amide bonds. The summed E-state index contributed by atoms with van der Waals surface area (Å²) >= 11 is 0. The number of aromatic amines is 1. The molecule has 1 saturated heterocycles. The summed E-state index contributed by atoms with van der Waals surface area (Å²) in [5.74, 6) is -0.223. The third-order valence-corrected chi connectivity index (χ3v) is 4.62. The van der Waals surface area contributed by atoms with Crippen molar-refractivity contribution >= 4 is 16.5 Å². The van der Waals surface area contributed by atoms with Crippen molar-refractivity contribution < 1.29 is 4.39 Å². The Kier molecular flexibility index (Phi) is 3.97. The van der Waals surface area contributed by atoms with Crippen molar-refractivity contribution in [3.8, 4) is 0 Å². The number of rotatable bonds is 3. The number of benzene rings is 2. The van der Waals surface area contributed by atoms with Crippen molar-refractivity contribution in [3.63, 3.8) is 0 Å². The van der Waals surface area contributed by atoms with E-state index in [1.165, 1.54) is 6.07 Å². The van der Waals surface area contributed by atoms with Crippen LogP contribution in [0.3, 0.4) is 0 Å². The second kappa shape index (κ2) is 6.29. The predicted molar refractivity (Wildman–Crippen MR) is 96.4 cm³/mol. The molecule has 0 aliphatic carbocycles. The molecule has 25 heavy (non-hydrogen) atoms. The van der Waals surface area contributed by atoms with Gasteiger partial charge >= 0.3 is 0 Å². The van der Waals surface area contributed by atoms with Gasteiger partial charge in [0, 0.05) is 24.4 Å². The molecule has 128 valence electrons. The Labute approximate surface area is 144 Å². The molecule has 1 unspecified atom stereocenters. The number of nitrogens with zero attached hydrogens (tertiary/aromatic N) is 2. The maximum atomic E-state index is 14.3. The van der Waals surface area contributed by atoms with Crippen molar-refractivity contribution in [1.82, 2.24) is 15.5 Å². The Balaban J connectivity index is 1.70. The maximum Gasteiger partial charge on any atom is 0.272 e. The molecular weight excluding hydrogens is 319 g/mol. The van der Waals surface area contributed by atoms with E-state index in [1.807, 2.05) is 29.2 Å². The van der Waals surface area contributed by atoms with Crippen LogP contribution < -0.4 is 15.8 Å². The van der Waals surface area contributed by atoms with Crippen LogP contribution >= 0.6 is 0 Å². The van der Waals surface area contributed by atoms with Gasteiger partial charge in [0.15, 0.2) is 0 Å². The first-order valence-electron chi connectivity index (χ1n) is 8.35. The van der Waals surface area contributed by atoms with Crippen molar-refractivity contribution in [2.24, 2.45) is 0 Å². The van der Waals surface area contributed by atoms with Crippen molar-refractivity contribution in [3.05, 3.63) is 69.9 Å². The Bertz CT molecular complexity index is 985. The fraction of sp³-hybridized carbons (Fsp3) is 0.263. The number of hydrogen-bond donors (Lipinski definition) is 2. The monoisotopic (exact) mass is 338 g/mol. The van der Waals surface area contributed by atoms with Crippen molar-refractivity contribution in [2.75, 3.05) is 18.1 Å². The Morgan fingerprint density at radius 2 is 2.04 bits per heavy atom. The van der Waals surface area contributed by atoms with Gasteiger partial charge in [0.1, 0.15) is 5.82 Å². The van der Waals surface area contributed by atoms with Crippen LogP contribution in [0.5, 0.6) is 0 Å². The number of aromatic nitrogens is 2. The van der Waals surface area contributed by atoms with E-state index < -0.39 is 0 Å². The SMILES string of the molecule is CC1CN(c2cc(Cc3n[nH]c(=O)c4ccccc34)ccc2F)CN1. The molecule has 1 fully saturated rings. The second-order valence-corrected chi connectivity index (χ2v) is 6.49. The molecule has 1 aromatic heterocycles. The largest absolute Gasteiger partial charge is 0.355 e. The van der Waals surface area contributed by atoms with E-state index in [0.29, 0.717) is 30.2 Å². The molecule has 2 aromatic carbocycles. The number of halogens is 1. The highest BCUT2D eigenvalue weighted by atomic mass is 19.1. The average Bonchev–Trinajstić information content (AvgIpc) is 3.05. The Morgan fingerprint density at radius 1 is 1.24 bits per heavy atom. The van der Waals surface area contributed by atoms with E-state index in [4.69, 9.17) is 0 Å². The van der Waals surface area contributed by atoms with Gasteiger partial charge in [-0.25, -0.2) is 9.49 Å². The van der Waals surface area contributed by atoms with Crippen LogP contribution in [-0.2, 0) is 6.42 Å². The van der Waals surface area contributed by atoms with Gasteiger partial charge in [-0.05, 0) is 30.7 Å². The molecule has 1 aliphatic heterocycles. The van der Waals surface area contributed by atoms with Gasteiger partial charge in [0.05, 0.1) is 23.4 Å². The van der Waals surface area contributed by atoms with Gasteiger partial charge in [-0.1, -0.05) is 24.3 Å². The lowest BCUT2D eigenvalue weighted by atomic mass is 10.0. The first-order valence-corrected chi connectivity index (χ1v) is 8.35. The highest BCUT2D eigenvalue weighted by Crippen LogP contribution is 2.25. The lowest BCUT2D eigenvalue weighted by Crippen LogP contribution is -2.22. The number of anilines is 1. The van der Waals surface area contributed by atoms with Crippen molar-refractivity contribution in [2.45, 2.75) is 19.4 Å². The molecule has 6 heteroatoms. The normalized spacial score (nSPS) is 17.4. The molecule has 4 rings (SSSR count). The summed E-state index contributed by atoms with van der Waals surface area (Å²) < 4.78 is 14.3. The summed E-state index contributed by atoms with van der Waals surface area (Å²) in [4.78, 5) is 13.9. The number of H-pyrrole nitrogens is 1. The zero-order valence-electron chi connectivity index (χ0n) is 13.9. The van der Waals surface area contributed by atoms with Crippen LogP contribution in [0.25, 0.3) is 10.8 Å². The summed E-state index contributed by atoms with van der Waals surface area (Å²) in [5, 5.41) is 11.5. The Morgan fingerprint density at radius 3 is 2.80 bits per heavy atom. The van der Waals surface area contributed by atoms with Crippen LogP contribution in [0.2, 0.25) is 0 Å². The molecular formula is C19H19FN4O. The highest BCUT2D eigenvalue weighted by Gasteiger charge is 2.21. The number of nitrogens with one attached hydrogen (secondary N) is 2. The fourth-order valence-electron chi connectivity index (χ4n) is 3.32. The minimum Gasteiger partial charge on any atom is -0.355 e. The van der Waals surface area contributed by atoms with Gasteiger partial charge in [-0.15, -0.1) is 0 Å². The van der Waals surface area contributed by atoms with E-state index in [0.717, 1.165) is 23.2 Å². The molecule has 0 saturated carbocycles. The zero-order chi connectivity index (χ0) is 17.4. The summed E-state index contributed by atoms with van der Waals surface area (Å²) in [6, 6.07) is 12.9. The van der Waals surface area contributed by atoms with Gasteiger partial charge < -0.3 is 4.90 Å². The minimum atomic E-state index is -0.223. The maximum absolute atomic E-state index is 14.3. The predicted octanol–water partition coefficient (Wildman–Crippen LogP) is 2.41. The van der Waals surface area contributed by atoms with Crippen LogP contribution in [0.1, 0.15) is 18.2 Å². The molecule has 5 nitrogen and oxygen atoms in total. The topological polar surface area (TPSA) is 61.0 Å². The summed E-state index contributed by atoms with van der Waals surface area (Å²) in [7, 11) is 0. The van der Waals surface area contributed by atoms with E-state index in [2.05, 4.69) is 22.4 Å². The summed E-state index contributed by atoms with van der Waals surface area (Å²) in [6.45, 7) is 3.50. The highest BCUT2D eigenvalue weighted by molar-refractivity contribution is 5.83. The van der Waals surface area contributed by atoms with E-state index in [-0.39, 0.29) is 11.4 Å². The molecule has 0 spiro atoms. The lowest BCUT2D eigenvalue weighted by molar-refractivity contribution is 0.622. The van der Waals surface area contributed by atoms with Gasteiger partial charge in [-0.2, -0.15) is 5.10 Å². The van der Waals surface area contributed by atoms with Gasteiger partial charge in [-0.3, -0.25) is 10.1 Å². The van der Waals surface area contributed by atoms with Crippen LogP contribution in [-0.4, -0.2) is 29.5 Å². The Hall–Kier alpha value is -2.73. The first-order chi connectivity index (χ1) is 12.1. The fourth-order valence-corrected chi connectivity index (χ4v) is 3.32. The van der Waals surface area contributed by atoms with E-state index >= 15 is 0 Å². The van der Waals surface area contributed by atoms with Crippen LogP contribution in [0.15, 0.2) is 47.3 Å². The van der Waals surface area contributed by atoms with Crippen LogP contribution in [0.4, 0.5) is 10.1 Å². The van der Waals surface area contributed by atoms with Gasteiger partial charge in [0.2, 0.25) is 0 Å². The molecule has 2 N–H and O–H groups in total. The molecule has 2 heterocycles. The smallest absolute Gasteiger partial charge is 0.272 e. The van der Waals surface area contributed by atoms with Crippen LogP contribution in [0, 0.1) is 5.82 Å². The zero-order valence-corrected chi connectivity index (χ0v) is 13.9. The molecule has 0 bridgehead atoms. The molecule has 1 atom stereocenters. The third kappa shape index (κ3) is 3.00. The number of fused-ring (bicyclic) bond motifs is 1. The first kappa shape index (κ1) is 15.8.